The van der Waals surface area contributed by atoms with Gasteiger partial charge in [0.25, 0.3) is 0 Å². The third kappa shape index (κ3) is 3.34. The summed E-state index contributed by atoms with van der Waals surface area (Å²) in [4.78, 5) is 17.5. The van der Waals surface area contributed by atoms with Crippen LogP contribution in [0.15, 0.2) is 29.2 Å². The molecule has 1 N–H and O–H groups in total. The van der Waals surface area contributed by atoms with E-state index in [0.29, 0.717) is 23.8 Å². The molecule has 2 heterocycles. The summed E-state index contributed by atoms with van der Waals surface area (Å²) in [7, 11) is -2.04. The minimum Gasteiger partial charge on any atom is -0.497 e. The number of aromatic nitrogens is 1. The number of carbonyl (C=O) groups excluding carboxylic acids is 1. The van der Waals surface area contributed by atoms with E-state index in [1.54, 1.807) is 31.4 Å². The molecule has 1 saturated carbocycles. The summed E-state index contributed by atoms with van der Waals surface area (Å²) in [6, 6.07) is 6.39. The molecule has 138 valence electrons. The van der Waals surface area contributed by atoms with Crippen LogP contribution in [0.3, 0.4) is 0 Å². The molecule has 1 aliphatic carbocycles. The number of ether oxygens (including phenoxy) is 1. The Bertz CT molecular complexity index is 933. The van der Waals surface area contributed by atoms with Gasteiger partial charge in [-0.3, -0.25) is 4.79 Å². The molecule has 0 atom stereocenters. The first-order valence-corrected chi connectivity index (χ1v) is 10.7. The van der Waals surface area contributed by atoms with E-state index in [1.165, 1.54) is 15.6 Å². The molecule has 2 aliphatic rings. The van der Waals surface area contributed by atoms with E-state index >= 15 is 0 Å². The van der Waals surface area contributed by atoms with E-state index in [-0.39, 0.29) is 23.3 Å². The second-order valence-electron chi connectivity index (χ2n) is 6.42. The van der Waals surface area contributed by atoms with Crippen LogP contribution >= 0.6 is 11.3 Å². The van der Waals surface area contributed by atoms with Crippen LogP contribution in [0.2, 0.25) is 0 Å². The van der Waals surface area contributed by atoms with E-state index in [0.717, 1.165) is 23.4 Å². The molecule has 7 nitrogen and oxygen atoms in total. The van der Waals surface area contributed by atoms with Crippen molar-refractivity contribution in [3.05, 3.63) is 34.8 Å². The van der Waals surface area contributed by atoms with Gasteiger partial charge in [0.1, 0.15) is 5.75 Å². The molecule has 1 aliphatic heterocycles. The van der Waals surface area contributed by atoms with Gasteiger partial charge in [-0.25, -0.2) is 13.4 Å². The second-order valence-corrected chi connectivity index (χ2v) is 9.44. The third-order valence-electron chi connectivity index (χ3n) is 4.57. The Morgan fingerprint density at radius 3 is 2.69 bits per heavy atom. The zero-order valence-corrected chi connectivity index (χ0v) is 15.9. The van der Waals surface area contributed by atoms with Gasteiger partial charge >= 0.3 is 0 Å². The summed E-state index contributed by atoms with van der Waals surface area (Å²) in [5.41, 5.74) is 0.877. The lowest BCUT2D eigenvalue weighted by Gasteiger charge is -2.25. The maximum Gasteiger partial charge on any atom is 0.243 e. The van der Waals surface area contributed by atoms with E-state index in [4.69, 9.17) is 4.74 Å². The first-order chi connectivity index (χ1) is 12.5. The summed E-state index contributed by atoms with van der Waals surface area (Å²) < 4.78 is 32.3. The maximum atomic E-state index is 12.9. The van der Waals surface area contributed by atoms with Crippen LogP contribution in [-0.2, 0) is 27.8 Å². The molecule has 0 unspecified atom stereocenters. The summed E-state index contributed by atoms with van der Waals surface area (Å²) in [5, 5.41) is 3.41. The molecule has 1 fully saturated rings. The number of anilines is 1. The van der Waals surface area contributed by atoms with Crippen molar-refractivity contribution in [1.29, 1.82) is 0 Å². The van der Waals surface area contributed by atoms with Crippen molar-refractivity contribution >= 4 is 32.4 Å². The predicted molar refractivity (Wildman–Crippen MR) is 97.8 cm³/mol. The van der Waals surface area contributed by atoms with Crippen LogP contribution in [0.1, 0.15) is 23.4 Å². The van der Waals surface area contributed by atoms with E-state index < -0.39 is 10.0 Å². The predicted octanol–water partition coefficient (Wildman–Crippen LogP) is 2.25. The lowest BCUT2D eigenvalue weighted by atomic mass is 10.2. The molecule has 1 amide bonds. The number of benzene rings is 1. The van der Waals surface area contributed by atoms with Crippen molar-refractivity contribution in [2.45, 2.75) is 30.7 Å². The van der Waals surface area contributed by atoms with Crippen LogP contribution in [0.4, 0.5) is 5.13 Å². The number of hydrogen-bond donors (Lipinski definition) is 1. The zero-order valence-electron chi connectivity index (χ0n) is 14.3. The summed E-state index contributed by atoms with van der Waals surface area (Å²) in [5.74, 6) is 0.741. The van der Waals surface area contributed by atoms with Gasteiger partial charge in [-0.05, 0) is 37.1 Å². The van der Waals surface area contributed by atoms with Gasteiger partial charge in [0.15, 0.2) is 5.13 Å². The van der Waals surface area contributed by atoms with Crippen molar-refractivity contribution in [2.24, 2.45) is 5.92 Å². The zero-order chi connectivity index (χ0) is 18.3. The number of carbonyl (C=O) groups is 1. The average molecular weight is 393 g/mol. The minimum absolute atomic E-state index is 0.0128. The van der Waals surface area contributed by atoms with Crippen molar-refractivity contribution in [3.63, 3.8) is 0 Å². The fraction of sp³-hybridized carbons (Fsp3) is 0.412. The molecule has 1 aromatic heterocycles. The van der Waals surface area contributed by atoms with Crippen LogP contribution < -0.4 is 10.1 Å². The number of sulfonamides is 1. The van der Waals surface area contributed by atoms with Gasteiger partial charge < -0.3 is 10.1 Å². The van der Waals surface area contributed by atoms with E-state index in [2.05, 4.69) is 10.3 Å². The lowest BCUT2D eigenvalue weighted by molar-refractivity contribution is -0.117. The van der Waals surface area contributed by atoms with Crippen molar-refractivity contribution < 1.29 is 17.9 Å². The van der Waals surface area contributed by atoms with Crippen LogP contribution in [0.5, 0.6) is 5.75 Å². The second kappa shape index (κ2) is 6.64. The molecule has 1 aromatic carbocycles. The Morgan fingerprint density at radius 1 is 1.31 bits per heavy atom. The molecular weight excluding hydrogens is 374 g/mol. The number of nitrogens with one attached hydrogen (secondary N) is 1. The molecule has 4 rings (SSSR count). The quantitative estimate of drug-likeness (QED) is 0.842. The third-order valence-corrected chi connectivity index (χ3v) is 7.43. The number of thiazole rings is 1. The van der Waals surface area contributed by atoms with Gasteiger partial charge in [0, 0.05) is 23.8 Å². The van der Waals surface area contributed by atoms with Gasteiger partial charge in [0.05, 0.1) is 24.2 Å². The highest BCUT2D eigenvalue weighted by Gasteiger charge is 2.32. The number of hydrogen-bond acceptors (Lipinski definition) is 6. The van der Waals surface area contributed by atoms with Crippen molar-refractivity contribution in [1.82, 2.24) is 9.29 Å². The fourth-order valence-corrected chi connectivity index (χ4v) is 5.40. The van der Waals surface area contributed by atoms with Gasteiger partial charge in [-0.2, -0.15) is 4.31 Å². The number of methoxy groups -OCH3 is 1. The Balaban J connectivity index is 1.51. The van der Waals surface area contributed by atoms with Gasteiger partial charge in [-0.15, -0.1) is 11.3 Å². The van der Waals surface area contributed by atoms with Gasteiger partial charge in [0.2, 0.25) is 15.9 Å². The minimum atomic E-state index is -3.58. The molecule has 0 radical (unpaired) electrons. The standard InChI is InChI=1S/C17H19N3O4S2/c1-24-12-4-6-13(7-5-12)26(22,23)20-9-8-14-15(10-20)25-17(18-14)19-16(21)11-2-3-11/h4-7,11H,2-3,8-10H2,1H3,(H,18,19,21). The summed E-state index contributed by atoms with van der Waals surface area (Å²) in [6.07, 6.45) is 2.41. The van der Waals surface area contributed by atoms with E-state index in [1.807, 2.05) is 0 Å². The van der Waals surface area contributed by atoms with Crippen LogP contribution in [-0.4, -0.2) is 37.3 Å². The van der Waals surface area contributed by atoms with Crippen LogP contribution in [0.25, 0.3) is 0 Å². The highest BCUT2D eigenvalue weighted by Crippen LogP contribution is 2.34. The Hall–Kier alpha value is -1.97. The lowest BCUT2D eigenvalue weighted by Crippen LogP contribution is -2.35. The Morgan fingerprint density at radius 2 is 2.04 bits per heavy atom. The molecule has 0 bridgehead atoms. The topological polar surface area (TPSA) is 88.6 Å². The monoisotopic (exact) mass is 393 g/mol. The maximum absolute atomic E-state index is 12.9. The summed E-state index contributed by atoms with van der Waals surface area (Å²) in [6.45, 7) is 0.655. The number of rotatable bonds is 5. The largest absolute Gasteiger partial charge is 0.497 e. The first kappa shape index (κ1) is 17.4. The molecule has 0 saturated heterocycles. The van der Waals surface area contributed by atoms with Gasteiger partial charge in [-0.1, -0.05) is 0 Å². The highest BCUT2D eigenvalue weighted by molar-refractivity contribution is 7.89. The normalized spacial score (nSPS) is 17.6. The molecule has 9 heteroatoms. The molecule has 26 heavy (non-hydrogen) atoms. The Kier molecular flexibility index (Phi) is 4.45. The fourth-order valence-electron chi connectivity index (χ4n) is 2.88. The molecular formula is C17H19N3O4S2. The first-order valence-electron chi connectivity index (χ1n) is 8.41. The molecule has 0 spiro atoms. The average Bonchev–Trinajstić information content (AvgIpc) is 3.42. The highest BCUT2D eigenvalue weighted by atomic mass is 32.2. The Labute approximate surface area is 156 Å². The van der Waals surface area contributed by atoms with Crippen molar-refractivity contribution in [3.8, 4) is 5.75 Å². The summed E-state index contributed by atoms with van der Waals surface area (Å²) >= 11 is 1.36. The number of fused-ring (bicyclic) bond motifs is 1. The van der Waals surface area contributed by atoms with E-state index in [9.17, 15) is 13.2 Å². The number of nitrogens with zero attached hydrogens (tertiary/aromatic N) is 2. The van der Waals surface area contributed by atoms with Crippen molar-refractivity contribution in [2.75, 3.05) is 19.0 Å². The SMILES string of the molecule is COc1ccc(S(=O)(=O)N2CCc3nc(NC(=O)C4CC4)sc3C2)cc1. The smallest absolute Gasteiger partial charge is 0.243 e. The number of amides is 1. The van der Waals surface area contributed by atoms with Crippen LogP contribution in [0, 0.1) is 5.92 Å². The molecule has 2 aromatic rings.